The minimum Gasteiger partial charge on any atom is -0.377 e. The fourth-order valence-electron chi connectivity index (χ4n) is 2.42. The van der Waals surface area contributed by atoms with Crippen LogP contribution in [0.4, 0.5) is 15.3 Å². The molecule has 1 heterocycles. The van der Waals surface area contributed by atoms with Crippen LogP contribution in [-0.4, -0.2) is 76.6 Å². The lowest BCUT2D eigenvalue weighted by Crippen LogP contribution is -2.29. The summed E-state index contributed by atoms with van der Waals surface area (Å²) in [5, 5.41) is 11.7. The summed E-state index contributed by atoms with van der Waals surface area (Å²) in [5.74, 6) is -0.399. The number of azo groups is 1. The summed E-state index contributed by atoms with van der Waals surface area (Å²) >= 11 is 0. The maximum absolute atomic E-state index is 12.1. The van der Waals surface area contributed by atoms with Crippen molar-refractivity contribution in [3.63, 3.8) is 0 Å². The first-order chi connectivity index (χ1) is 15.0. The van der Waals surface area contributed by atoms with E-state index in [1.54, 1.807) is 0 Å². The van der Waals surface area contributed by atoms with Crippen LogP contribution in [0, 0.1) is 0 Å². The second kappa shape index (κ2) is 13.2. The number of hydrogen-bond donors (Lipinski definition) is 2. The van der Waals surface area contributed by atoms with E-state index in [9.17, 15) is 19.2 Å². The molecule has 0 fully saturated rings. The van der Waals surface area contributed by atoms with E-state index in [0.29, 0.717) is 58.3 Å². The molecule has 6 amide bonds. The maximum atomic E-state index is 12.1. The molecule has 1 aromatic carbocycles. The van der Waals surface area contributed by atoms with Gasteiger partial charge in [-0.2, -0.15) is 0 Å². The van der Waals surface area contributed by atoms with Gasteiger partial charge in [-0.3, -0.25) is 9.59 Å². The first-order valence-electron chi connectivity index (χ1n) is 9.65. The van der Waals surface area contributed by atoms with Crippen molar-refractivity contribution in [2.24, 2.45) is 10.2 Å². The number of imide groups is 1. The van der Waals surface area contributed by atoms with Gasteiger partial charge in [0, 0.05) is 25.6 Å². The smallest absolute Gasteiger partial charge is 0.375 e. The highest BCUT2D eigenvalue weighted by atomic mass is 16.5. The normalized spacial score (nSPS) is 13.0. The Labute approximate surface area is 178 Å². The molecule has 2 N–H and O–H groups in total. The van der Waals surface area contributed by atoms with Gasteiger partial charge >= 0.3 is 12.1 Å². The number of carbonyl (C=O) groups excluding carboxylic acids is 4. The van der Waals surface area contributed by atoms with E-state index >= 15 is 0 Å². The molecule has 0 radical (unpaired) electrons. The Hall–Kier alpha value is -3.22. The third-order valence-corrected chi connectivity index (χ3v) is 3.89. The Kier molecular flexibility index (Phi) is 10.2. The van der Waals surface area contributed by atoms with Gasteiger partial charge in [-0.15, -0.1) is 0 Å². The maximum Gasteiger partial charge on any atom is 0.375 e. The van der Waals surface area contributed by atoms with Gasteiger partial charge in [0.1, 0.15) is 0 Å². The van der Waals surface area contributed by atoms with E-state index in [1.807, 2.05) is 0 Å². The molecule has 2 rings (SSSR count). The molecular formula is C19H25N5O7. The first kappa shape index (κ1) is 24.1. The van der Waals surface area contributed by atoms with Gasteiger partial charge < -0.3 is 24.8 Å². The third-order valence-electron chi connectivity index (χ3n) is 3.89. The summed E-state index contributed by atoms with van der Waals surface area (Å²) in [5.41, 5.74) is 0.663. The van der Waals surface area contributed by atoms with Crippen molar-refractivity contribution in [2.75, 3.05) is 57.6 Å². The van der Waals surface area contributed by atoms with Crippen LogP contribution < -0.4 is 15.5 Å². The molecule has 12 nitrogen and oxygen atoms in total. The summed E-state index contributed by atoms with van der Waals surface area (Å²) < 4.78 is 16.0. The lowest BCUT2D eigenvalue weighted by atomic mass is 10.2. The van der Waals surface area contributed by atoms with Crippen molar-refractivity contribution >= 4 is 29.6 Å². The van der Waals surface area contributed by atoms with E-state index in [1.165, 1.54) is 31.2 Å². The highest BCUT2D eigenvalue weighted by Crippen LogP contribution is 2.20. The van der Waals surface area contributed by atoms with Gasteiger partial charge in [0.25, 0.3) is 5.91 Å². The van der Waals surface area contributed by atoms with E-state index in [4.69, 9.17) is 14.2 Å². The highest BCUT2D eigenvalue weighted by Gasteiger charge is 2.28. The number of carbonyl (C=O) groups is 4. The molecular weight excluding hydrogens is 410 g/mol. The Morgan fingerprint density at radius 1 is 0.806 bits per heavy atom. The average Bonchev–Trinajstić information content (AvgIpc) is 3.09. The lowest BCUT2D eigenvalue weighted by Gasteiger charge is -2.11. The van der Waals surface area contributed by atoms with Crippen molar-refractivity contribution < 1.29 is 33.4 Å². The molecule has 0 aliphatic carbocycles. The molecule has 12 heteroatoms. The zero-order valence-electron chi connectivity index (χ0n) is 17.2. The summed E-state index contributed by atoms with van der Waals surface area (Å²) in [6.45, 7) is 4.62. The van der Waals surface area contributed by atoms with E-state index in [-0.39, 0.29) is 17.5 Å². The number of nitrogens with one attached hydrogen (secondary N) is 2. The minimum atomic E-state index is -0.766. The Bertz CT molecular complexity index is 779. The summed E-state index contributed by atoms with van der Waals surface area (Å²) in [4.78, 5) is 46.6. The zero-order chi connectivity index (χ0) is 22.5. The van der Waals surface area contributed by atoms with Crippen molar-refractivity contribution in [1.82, 2.24) is 10.6 Å². The number of benzene rings is 1. The molecule has 0 atom stereocenters. The van der Waals surface area contributed by atoms with Gasteiger partial charge in [-0.1, -0.05) is 10.2 Å². The molecule has 0 saturated carbocycles. The molecule has 0 saturated heterocycles. The van der Waals surface area contributed by atoms with E-state index in [0.717, 1.165) is 4.90 Å². The van der Waals surface area contributed by atoms with Crippen molar-refractivity contribution in [3.8, 4) is 0 Å². The van der Waals surface area contributed by atoms with Gasteiger partial charge in [-0.25, -0.2) is 14.5 Å². The second-order valence-electron chi connectivity index (χ2n) is 6.22. The molecule has 0 aromatic heterocycles. The van der Waals surface area contributed by atoms with Crippen LogP contribution >= 0.6 is 0 Å². The standard InChI is InChI=1S/C19H25N5O7/c1-14(25)20-6-8-29-10-12-31-13-11-30-9-7-21-17(26)15-2-4-16(5-3-15)24-18(27)22-23-19(24)28/h2-5H,6-13H2,1H3,(H,20,25)(H,21,26). The number of nitrogens with zero attached hydrogens (tertiary/aromatic N) is 3. The molecule has 31 heavy (non-hydrogen) atoms. The molecule has 168 valence electrons. The first-order valence-corrected chi connectivity index (χ1v) is 9.65. The van der Waals surface area contributed by atoms with E-state index < -0.39 is 12.1 Å². The SMILES string of the molecule is CC(=O)NCCOCCOCCOCCNC(=O)c1ccc(N2C(=O)N=NC2=O)cc1. The van der Waals surface area contributed by atoms with Crippen LogP contribution in [0.2, 0.25) is 0 Å². The molecule has 1 aromatic rings. The predicted octanol–water partition coefficient (Wildman–Crippen LogP) is 1.11. The molecule has 0 bridgehead atoms. The molecule has 1 aliphatic heterocycles. The third kappa shape index (κ3) is 8.58. The van der Waals surface area contributed by atoms with Crippen LogP contribution in [0.1, 0.15) is 17.3 Å². The lowest BCUT2D eigenvalue weighted by molar-refractivity contribution is -0.119. The van der Waals surface area contributed by atoms with Crippen molar-refractivity contribution in [3.05, 3.63) is 29.8 Å². The number of amides is 6. The van der Waals surface area contributed by atoms with Crippen molar-refractivity contribution in [2.45, 2.75) is 6.92 Å². The van der Waals surface area contributed by atoms with Crippen LogP contribution in [0.3, 0.4) is 0 Å². The van der Waals surface area contributed by atoms with Gasteiger partial charge in [0.2, 0.25) is 5.91 Å². The van der Waals surface area contributed by atoms with Gasteiger partial charge in [-0.05, 0) is 24.3 Å². The molecule has 0 spiro atoms. The minimum absolute atomic E-state index is 0.0905. The van der Waals surface area contributed by atoms with Gasteiger partial charge in [0.15, 0.2) is 0 Å². The largest absolute Gasteiger partial charge is 0.377 e. The molecule has 0 unspecified atom stereocenters. The fourth-order valence-corrected chi connectivity index (χ4v) is 2.42. The van der Waals surface area contributed by atoms with E-state index in [2.05, 4.69) is 20.9 Å². The number of ether oxygens (including phenoxy) is 3. The monoisotopic (exact) mass is 435 g/mol. The quantitative estimate of drug-likeness (QED) is 0.416. The van der Waals surface area contributed by atoms with Gasteiger partial charge in [0.05, 0.1) is 45.3 Å². The second-order valence-corrected chi connectivity index (χ2v) is 6.22. The van der Waals surface area contributed by atoms with Crippen molar-refractivity contribution in [1.29, 1.82) is 0 Å². The number of anilines is 1. The predicted molar refractivity (Wildman–Crippen MR) is 108 cm³/mol. The zero-order valence-corrected chi connectivity index (χ0v) is 17.2. The Balaban J connectivity index is 1.49. The van der Waals surface area contributed by atoms with Crippen LogP contribution in [-0.2, 0) is 19.0 Å². The highest BCUT2D eigenvalue weighted by molar-refractivity contribution is 6.17. The fraction of sp³-hybridized carbons (Fsp3) is 0.474. The van der Waals surface area contributed by atoms with Crippen LogP contribution in [0.25, 0.3) is 0 Å². The summed E-state index contributed by atoms with van der Waals surface area (Å²) in [6.07, 6.45) is 0. The number of hydrogen-bond acceptors (Lipinski definition) is 7. The Morgan fingerprint density at radius 3 is 1.81 bits per heavy atom. The number of urea groups is 2. The Morgan fingerprint density at radius 2 is 1.29 bits per heavy atom. The van der Waals surface area contributed by atoms with Crippen LogP contribution in [0.5, 0.6) is 0 Å². The number of rotatable bonds is 14. The average molecular weight is 435 g/mol. The van der Waals surface area contributed by atoms with Crippen LogP contribution in [0.15, 0.2) is 34.5 Å². The summed E-state index contributed by atoms with van der Waals surface area (Å²) in [6, 6.07) is 4.40. The topological polar surface area (TPSA) is 148 Å². The molecule has 1 aliphatic rings. The summed E-state index contributed by atoms with van der Waals surface area (Å²) in [7, 11) is 0.